The van der Waals surface area contributed by atoms with Crippen LogP contribution in [0.15, 0.2) is 41.0 Å². The van der Waals surface area contributed by atoms with E-state index in [2.05, 4.69) is 16.3 Å². The number of ether oxygens (including phenoxy) is 2. The number of nitrogens with one attached hydrogen (secondary N) is 1. The molecule has 0 aliphatic carbocycles. The highest BCUT2D eigenvalue weighted by atomic mass is 16.5. The number of nitrogens with zero attached hydrogens (tertiary/aromatic N) is 3. The lowest BCUT2D eigenvalue weighted by Gasteiger charge is -2.26. The van der Waals surface area contributed by atoms with Crippen LogP contribution in [0.4, 0.5) is 5.82 Å². The molecule has 1 amide bonds. The number of hydrogen-bond donors (Lipinski definition) is 1. The summed E-state index contributed by atoms with van der Waals surface area (Å²) in [6.07, 6.45) is 3.52. The second-order valence-corrected chi connectivity index (χ2v) is 8.50. The normalized spacial score (nSPS) is 15.8. The van der Waals surface area contributed by atoms with E-state index >= 15 is 0 Å². The first kappa shape index (κ1) is 23.5. The van der Waals surface area contributed by atoms with E-state index in [1.165, 1.54) is 0 Å². The summed E-state index contributed by atoms with van der Waals surface area (Å²) >= 11 is 0. The number of nitriles is 1. The molecular formula is C26H30N4O4. The molecule has 3 heterocycles. The Morgan fingerprint density at radius 1 is 1.26 bits per heavy atom. The summed E-state index contributed by atoms with van der Waals surface area (Å²) in [6, 6.07) is 11.8. The quantitative estimate of drug-likeness (QED) is 0.533. The molecule has 2 aromatic heterocycles. The van der Waals surface area contributed by atoms with Crippen LogP contribution in [0.2, 0.25) is 0 Å². The molecular weight excluding hydrogens is 432 g/mol. The van der Waals surface area contributed by atoms with E-state index in [1.807, 2.05) is 48.7 Å². The van der Waals surface area contributed by atoms with Crippen LogP contribution in [-0.4, -0.2) is 42.7 Å². The van der Waals surface area contributed by atoms with Gasteiger partial charge in [-0.1, -0.05) is 0 Å². The molecule has 4 rings (SSSR count). The average Bonchev–Trinajstić information content (AvgIpc) is 3.57. The molecule has 1 aliphatic heterocycles. The summed E-state index contributed by atoms with van der Waals surface area (Å²) in [7, 11) is 3.29. The molecule has 0 saturated carbocycles. The van der Waals surface area contributed by atoms with Gasteiger partial charge in [0, 0.05) is 17.3 Å². The molecule has 1 atom stereocenters. The Bertz CT molecular complexity index is 1210. The zero-order chi connectivity index (χ0) is 24.2. The van der Waals surface area contributed by atoms with Gasteiger partial charge in [0.2, 0.25) is 5.91 Å². The molecule has 34 heavy (non-hydrogen) atoms. The summed E-state index contributed by atoms with van der Waals surface area (Å²) in [5.74, 6) is 2.63. The second kappa shape index (κ2) is 10.1. The van der Waals surface area contributed by atoms with Crippen LogP contribution in [0.25, 0.3) is 0 Å². The second-order valence-electron chi connectivity index (χ2n) is 8.50. The van der Waals surface area contributed by atoms with Gasteiger partial charge in [-0.15, -0.1) is 0 Å². The molecule has 1 N–H and O–H groups in total. The van der Waals surface area contributed by atoms with Gasteiger partial charge in [0.05, 0.1) is 39.1 Å². The van der Waals surface area contributed by atoms with Gasteiger partial charge < -0.3 is 23.8 Å². The molecule has 0 radical (unpaired) electrons. The minimum atomic E-state index is -0.163. The number of furan rings is 1. The first-order valence-electron chi connectivity index (χ1n) is 11.3. The van der Waals surface area contributed by atoms with E-state index in [0.29, 0.717) is 17.9 Å². The first-order valence-corrected chi connectivity index (χ1v) is 11.3. The number of hydrogen-bond acceptors (Lipinski definition) is 6. The van der Waals surface area contributed by atoms with Crippen LogP contribution >= 0.6 is 0 Å². The van der Waals surface area contributed by atoms with Gasteiger partial charge in [-0.05, 0) is 69.1 Å². The van der Waals surface area contributed by atoms with Gasteiger partial charge in [-0.3, -0.25) is 9.69 Å². The molecule has 0 unspecified atom stereocenters. The van der Waals surface area contributed by atoms with Crippen molar-refractivity contribution in [2.75, 3.05) is 32.6 Å². The summed E-state index contributed by atoms with van der Waals surface area (Å²) < 4.78 is 18.4. The van der Waals surface area contributed by atoms with Crippen LogP contribution < -0.4 is 14.8 Å². The third-order valence-electron chi connectivity index (χ3n) is 6.60. The Labute approximate surface area is 199 Å². The maximum atomic E-state index is 13.2. The lowest BCUT2D eigenvalue weighted by Crippen LogP contribution is -2.33. The number of aromatic nitrogens is 1. The molecule has 0 spiro atoms. The van der Waals surface area contributed by atoms with Crippen LogP contribution in [0, 0.1) is 25.2 Å². The molecule has 0 bridgehead atoms. The molecule has 8 nitrogen and oxygen atoms in total. The fourth-order valence-corrected chi connectivity index (χ4v) is 4.71. The molecule has 8 heteroatoms. The van der Waals surface area contributed by atoms with Crippen molar-refractivity contribution in [1.29, 1.82) is 5.26 Å². The summed E-state index contributed by atoms with van der Waals surface area (Å²) in [6.45, 7) is 5.29. The van der Waals surface area contributed by atoms with E-state index in [-0.39, 0.29) is 18.5 Å². The van der Waals surface area contributed by atoms with Crippen molar-refractivity contribution >= 4 is 11.7 Å². The SMILES string of the molecule is COc1ccc(OC)c([C@H]2CCCN2CC(=O)Nc2c(C#N)c(C)c(C)n2Cc2ccco2)c1. The topological polar surface area (TPSA) is 92.7 Å². The van der Waals surface area contributed by atoms with Crippen LogP contribution in [0.3, 0.4) is 0 Å². The average molecular weight is 463 g/mol. The first-order chi connectivity index (χ1) is 16.5. The van der Waals surface area contributed by atoms with Crippen molar-refractivity contribution in [1.82, 2.24) is 9.47 Å². The van der Waals surface area contributed by atoms with Gasteiger partial charge in [0.1, 0.15) is 29.1 Å². The summed E-state index contributed by atoms with van der Waals surface area (Å²) in [4.78, 5) is 15.4. The number of methoxy groups -OCH3 is 2. The number of carbonyl (C=O) groups is 1. The van der Waals surface area contributed by atoms with E-state index < -0.39 is 0 Å². The molecule has 1 aromatic carbocycles. The lowest BCUT2D eigenvalue weighted by atomic mass is 10.0. The van der Waals surface area contributed by atoms with Gasteiger partial charge in [0.25, 0.3) is 0 Å². The minimum absolute atomic E-state index is 0.0459. The lowest BCUT2D eigenvalue weighted by molar-refractivity contribution is -0.117. The van der Waals surface area contributed by atoms with E-state index in [9.17, 15) is 10.1 Å². The summed E-state index contributed by atoms with van der Waals surface area (Å²) in [5, 5.41) is 12.8. The Hall–Kier alpha value is -3.70. The number of likely N-dealkylation sites (tertiary alicyclic amines) is 1. The van der Waals surface area contributed by atoms with Crippen LogP contribution in [-0.2, 0) is 11.3 Å². The highest BCUT2D eigenvalue weighted by Gasteiger charge is 2.31. The van der Waals surface area contributed by atoms with Crippen molar-refractivity contribution in [2.45, 2.75) is 39.3 Å². The fraction of sp³-hybridized carbons (Fsp3) is 0.385. The summed E-state index contributed by atoms with van der Waals surface area (Å²) in [5.41, 5.74) is 3.26. The monoisotopic (exact) mass is 462 g/mol. The molecule has 3 aromatic rings. The Kier molecular flexibility index (Phi) is 6.94. The van der Waals surface area contributed by atoms with Crippen LogP contribution in [0.1, 0.15) is 47.0 Å². The maximum absolute atomic E-state index is 13.2. The van der Waals surface area contributed by atoms with E-state index in [1.54, 1.807) is 20.5 Å². The highest BCUT2D eigenvalue weighted by Crippen LogP contribution is 2.39. The Morgan fingerprint density at radius 2 is 2.09 bits per heavy atom. The third kappa shape index (κ3) is 4.52. The number of benzene rings is 1. The molecule has 1 saturated heterocycles. The number of carbonyl (C=O) groups excluding carboxylic acids is 1. The highest BCUT2D eigenvalue weighted by molar-refractivity contribution is 5.93. The number of rotatable bonds is 8. The van der Waals surface area contributed by atoms with Crippen molar-refractivity contribution < 1.29 is 18.7 Å². The zero-order valence-corrected chi connectivity index (χ0v) is 20.1. The maximum Gasteiger partial charge on any atom is 0.239 e. The largest absolute Gasteiger partial charge is 0.497 e. The van der Waals surface area contributed by atoms with Crippen molar-refractivity contribution in [3.8, 4) is 17.6 Å². The predicted molar refractivity (Wildman–Crippen MR) is 128 cm³/mol. The Morgan fingerprint density at radius 3 is 2.76 bits per heavy atom. The van der Waals surface area contributed by atoms with Gasteiger partial charge in [0.15, 0.2) is 0 Å². The Balaban J connectivity index is 1.56. The zero-order valence-electron chi connectivity index (χ0n) is 20.1. The predicted octanol–water partition coefficient (Wildman–Crippen LogP) is 4.41. The minimum Gasteiger partial charge on any atom is -0.497 e. The van der Waals surface area contributed by atoms with Crippen molar-refractivity contribution in [2.24, 2.45) is 0 Å². The van der Waals surface area contributed by atoms with E-state index in [4.69, 9.17) is 13.9 Å². The van der Waals surface area contributed by atoms with Crippen molar-refractivity contribution in [3.05, 3.63) is 64.7 Å². The molecule has 1 aliphatic rings. The number of amides is 1. The number of anilines is 1. The van der Waals surface area contributed by atoms with Crippen LogP contribution in [0.5, 0.6) is 11.5 Å². The fourth-order valence-electron chi connectivity index (χ4n) is 4.71. The van der Waals surface area contributed by atoms with E-state index in [0.717, 1.165) is 53.5 Å². The molecule has 178 valence electrons. The third-order valence-corrected chi connectivity index (χ3v) is 6.60. The van der Waals surface area contributed by atoms with Gasteiger partial charge >= 0.3 is 0 Å². The standard InChI is InChI=1S/C26H30N4O4/c1-17-18(2)30(15-20-7-6-12-34-20)26(22(17)14-27)28-25(31)16-29-11-5-8-23(29)21-13-19(32-3)9-10-24(21)33-4/h6-7,9-10,12-13,23H,5,8,11,15-16H2,1-4H3,(H,28,31)/t23-/m1/s1. The van der Waals surface area contributed by atoms with Gasteiger partial charge in [-0.2, -0.15) is 5.26 Å². The van der Waals surface area contributed by atoms with Crippen molar-refractivity contribution in [3.63, 3.8) is 0 Å². The smallest absolute Gasteiger partial charge is 0.239 e. The molecule has 1 fully saturated rings. The van der Waals surface area contributed by atoms with Gasteiger partial charge in [-0.25, -0.2) is 0 Å².